The topological polar surface area (TPSA) is 42.8 Å². The first kappa shape index (κ1) is 14.3. The summed E-state index contributed by atoms with van der Waals surface area (Å²) in [4.78, 5) is 5.35. The summed E-state index contributed by atoms with van der Waals surface area (Å²) in [5, 5.41) is 0. The Labute approximate surface area is 126 Å². The molecule has 5 heteroatoms. The van der Waals surface area contributed by atoms with Gasteiger partial charge in [-0.15, -0.1) is 11.8 Å². The van der Waals surface area contributed by atoms with E-state index in [-0.39, 0.29) is 0 Å². The van der Waals surface area contributed by atoms with Crippen molar-refractivity contribution in [2.24, 2.45) is 0 Å². The van der Waals surface area contributed by atoms with E-state index < -0.39 is 0 Å². The largest absolute Gasteiger partial charge is 0.389 e. The molecule has 2 N–H and O–H groups in total. The van der Waals surface area contributed by atoms with Crippen molar-refractivity contribution >= 4 is 33.6 Å². The van der Waals surface area contributed by atoms with Crippen LogP contribution < -0.4 is 10.3 Å². The Morgan fingerprint density at radius 2 is 2.26 bits per heavy atom. The van der Waals surface area contributed by atoms with Gasteiger partial charge in [-0.25, -0.2) is 4.57 Å². The van der Waals surface area contributed by atoms with Crippen LogP contribution in [0, 0.1) is 0 Å². The van der Waals surface area contributed by atoms with Crippen molar-refractivity contribution in [3.8, 4) is 0 Å². The van der Waals surface area contributed by atoms with Crippen LogP contribution in [0.1, 0.15) is 12.0 Å². The van der Waals surface area contributed by atoms with Gasteiger partial charge >= 0.3 is 5.95 Å². The van der Waals surface area contributed by atoms with Crippen molar-refractivity contribution in [1.82, 2.24) is 4.98 Å². The zero-order chi connectivity index (χ0) is 13.7. The summed E-state index contributed by atoms with van der Waals surface area (Å²) in [6, 6.07) is 8.43. The summed E-state index contributed by atoms with van der Waals surface area (Å²) in [6.07, 6.45) is 7.83. The van der Waals surface area contributed by atoms with Crippen molar-refractivity contribution in [2.75, 3.05) is 12.0 Å². The van der Waals surface area contributed by atoms with Crippen LogP contribution in [0.15, 0.2) is 46.0 Å². The van der Waals surface area contributed by atoms with Gasteiger partial charge in [0.2, 0.25) is 0 Å². The van der Waals surface area contributed by atoms with E-state index in [4.69, 9.17) is 5.73 Å². The Morgan fingerprint density at radius 3 is 2.95 bits per heavy atom. The summed E-state index contributed by atoms with van der Waals surface area (Å²) in [6.45, 7) is 0.885. The van der Waals surface area contributed by atoms with Gasteiger partial charge in [-0.05, 0) is 36.8 Å². The van der Waals surface area contributed by atoms with E-state index in [1.807, 2.05) is 16.8 Å². The molecular weight excluding hydrogens is 322 g/mol. The van der Waals surface area contributed by atoms with Gasteiger partial charge in [0.05, 0.1) is 12.7 Å². The number of rotatable bonds is 5. The molecule has 0 saturated carbocycles. The number of thioether (sulfide) groups is 1. The van der Waals surface area contributed by atoms with Crippen molar-refractivity contribution in [3.63, 3.8) is 0 Å². The van der Waals surface area contributed by atoms with Gasteiger partial charge in [0, 0.05) is 15.4 Å². The fourth-order valence-corrected chi connectivity index (χ4v) is 3.07. The summed E-state index contributed by atoms with van der Waals surface area (Å²) >= 11 is 5.39. The minimum absolute atomic E-state index is 0.569. The molecule has 1 heterocycles. The fourth-order valence-electron chi connectivity index (χ4n) is 1.90. The van der Waals surface area contributed by atoms with Crippen LogP contribution in [0.2, 0.25) is 0 Å². The molecule has 0 radical (unpaired) electrons. The van der Waals surface area contributed by atoms with Gasteiger partial charge in [0.1, 0.15) is 6.20 Å². The summed E-state index contributed by atoms with van der Waals surface area (Å²) in [5.41, 5.74) is 7.14. The molecule has 0 amide bonds. The van der Waals surface area contributed by atoms with Crippen LogP contribution in [0.3, 0.4) is 0 Å². The van der Waals surface area contributed by atoms with Gasteiger partial charge in [0.15, 0.2) is 0 Å². The molecule has 0 unspecified atom stereocenters. The van der Waals surface area contributed by atoms with E-state index in [1.54, 1.807) is 18.0 Å². The molecule has 0 aliphatic rings. The molecular formula is C14H17BrN3S+. The number of nitrogen functional groups attached to an aromatic ring is 1. The predicted molar refractivity (Wildman–Crippen MR) is 83.1 cm³/mol. The molecule has 0 aliphatic carbocycles. The van der Waals surface area contributed by atoms with Crippen LogP contribution in [0.5, 0.6) is 0 Å². The lowest BCUT2D eigenvalue weighted by Crippen LogP contribution is -2.37. The second-order valence-electron chi connectivity index (χ2n) is 4.23. The lowest BCUT2D eigenvalue weighted by Gasteiger charge is -2.06. The molecule has 3 nitrogen and oxygen atoms in total. The first-order valence-corrected chi connectivity index (χ1v) is 8.15. The molecule has 0 saturated heterocycles. The highest BCUT2D eigenvalue weighted by molar-refractivity contribution is 9.10. The second-order valence-corrected chi connectivity index (χ2v) is 5.97. The van der Waals surface area contributed by atoms with Crippen LogP contribution in [-0.4, -0.2) is 11.2 Å². The van der Waals surface area contributed by atoms with E-state index in [2.05, 4.69) is 45.4 Å². The third-order valence-electron chi connectivity index (χ3n) is 2.96. The smallest absolute Gasteiger partial charge is 0.287 e. The van der Waals surface area contributed by atoms with E-state index in [9.17, 15) is 0 Å². The van der Waals surface area contributed by atoms with Crippen molar-refractivity contribution in [1.29, 1.82) is 0 Å². The van der Waals surface area contributed by atoms with Crippen molar-refractivity contribution < 1.29 is 4.57 Å². The first-order valence-electron chi connectivity index (χ1n) is 6.13. The minimum atomic E-state index is 0.569. The first-order chi connectivity index (χ1) is 9.20. The van der Waals surface area contributed by atoms with Gasteiger partial charge in [-0.3, -0.25) is 5.73 Å². The summed E-state index contributed by atoms with van der Waals surface area (Å²) < 4.78 is 3.16. The number of anilines is 1. The molecule has 100 valence electrons. The molecule has 19 heavy (non-hydrogen) atoms. The Morgan fingerprint density at radius 1 is 1.42 bits per heavy atom. The van der Waals surface area contributed by atoms with Gasteiger partial charge in [0.25, 0.3) is 0 Å². The zero-order valence-electron chi connectivity index (χ0n) is 10.8. The highest BCUT2D eigenvalue weighted by Crippen LogP contribution is 2.24. The highest BCUT2D eigenvalue weighted by atomic mass is 79.9. The Bertz CT molecular complexity index is 560. The maximum Gasteiger partial charge on any atom is 0.389 e. The SMILES string of the molecule is CSc1ccc(CCC[n+]2cccnc2N)c(Br)c1. The third kappa shape index (κ3) is 3.94. The molecule has 2 rings (SSSR count). The van der Waals surface area contributed by atoms with E-state index in [0.717, 1.165) is 19.4 Å². The monoisotopic (exact) mass is 338 g/mol. The van der Waals surface area contributed by atoms with Gasteiger partial charge in [-0.2, -0.15) is 0 Å². The number of aromatic nitrogens is 2. The second kappa shape index (κ2) is 6.91. The third-order valence-corrected chi connectivity index (χ3v) is 4.42. The quantitative estimate of drug-likeness (QED) is 0.672. The van der Waals surface area contributed by atoms with Gasteiger partial charge < -0.3 is 0 Å². The number of hydrogen-bond acceptors (Lipinski definition) is 3. The Kier molecular flexibility index (Phi) is 5.22. The summed E-state index contributed by atoms with van der Waals surface area (Å²) in [7, 11) is 0. The van der Waals surface area contributed by atoms with Crippen molar-refractivity contribution in [3.05, 3.63) is 46.7 Å². The number of nitrogens with two attached hydrogens (primary N) is 1. The standard InChI is InChI=1S/C14H16BrN3S/c1-19-12-6-5-11(13(15)10-12)4-2-8-18-9-3-7-17-14(18)16/h3,5-7,9-10,16H,2,4,8H2,1H3/p+1. The molecule has 0 spiro atoms. The Hall–Kier alpha value is -1.07. The number of halogens is 1. The van der Waals surface area contributed by atoms with Crippen LogP contribution >= 0.6 is 27.7 Å². The normalized spacial score (nSPS) is 10.6. The van der Waals surface area contributed by atoms with Crippen LogP contribution in [-0.2, 0) is 13.0 Å². The minimum Gasteiger partial charge on any atom is -0.287 e. The van der Waals surface area contributed by atoms with Crippen LogP contribution in [0.25, 0.3) is 0 Å². The summed E-state index contributed by atoms with van der Waals surface area (Å²) in [5.74, 6) is 0.569. The molecule has 0 bridgehead atoms. The highest BCUT2D eigenvalue weighted by Gasteiger charge is 2.05. The molecule has 1 aromatic carbocycles. The maximum atomic E-state index is 5.81. The van der Waals surface area contributed by atoms with Crippen LogP contribution in [0.4, 0.5) is 5.95 Å². The van der Waals surface area contributed by atoms with E-state index >= 15 is 0 Å². The lowest BCUT2D eigenvalue weighted by molar-refractivity contribution is -0.685. The Balaban J connectivity index is 1.94. The average molecular weight is 339 g/mol. The fraction of sp³-hybridized carbons (Fsp3) is 0.286. The number of benzene rings is 1. The lowest BCUT2D eigenvalue weighted by atomic mass is 10.1. The molecule has 2 aromatic rings. The molecule has 0 aliphatic heterocycles. The zero-order valence-corrected chi connectivity index (χ0v) is 13.2. The van der Waals surface area contributed by atoms with Crippen molar-refractivity contribution in [2.45, 2.75) is 24.3 Å². The van der Waals surface area contributed by atoms with E-state index in [0.29, 0.717) is 5.95 Å². The van der Waals surface area contributed by atoms with E-state index in [1.165, 1.54) is 14.9 Å². The molecule has 0 atom stereocenters. The predicted octanol–water partition coefficient (Wildman–Crippen LogP) is 3.07. The number of aryl methyl sites for hydroxylation is 2. The maximum absolute atomic E-state index is 5.81. The average Bonchev–Trinajstić information content (AvgIpc) is 2.42. The number of nitrogens with zero attached hydrogens (tertiary/aromatic N) is 2. The molecule has 1 aromatic heterocycles. The molecule has 0 fully saturated rings. The van der Waals surface area contributed by atoms with Gasteiger partial charge in [-0.1, -0.05) is 27.0 Å². The number of hydrogen-bond donors (Lipinski definition) is 1.